The van der Waals surface area contributed by atoms with Crippen molar-refractivity contribution >= 4 is 16.1 Å². The van der Waals surface area contributed by atoms with E-state index in [0.29, 0.717) is 0 Å². The third kappa shape index (κ3) is 6.03. The van der Waals surface area contributed by atoms with E-state index in [4.69, 9.17) is 0 Å². The summed E-state index contributed by atoms with van der Waals surface area (Å²) in [5.74, 6) is 17.9. The Kier molecular flexibility index (Phi) is 11.0. The summed E-state index contributed by atoms with van der Waals surface area (Å²) < 4.78 is 0. The lowest BCUT2D eigenvalue weighted by atomic mass is 9.59. The van der Waals surface area contributed by atoms with Crippen molar-refractivity contribution in [1.82, 2.24) is 0 Å². The van der Waals surface area contributed by atoms with E-state index in [1.54, 1.807) is 77.0 Å². The molecule has 50 heavy (non-hydrogen) atoms. The maximum absolute atomic E-state index is 2.91. The summed E-state index contributed by atoms with van der Waals surface area (Å²) in [6.45, 7) is 38.3. The Balaban J connectivity index is 1.06. The second-order valence-corrected chi connectivity index (χ2v) is 33.5. The molecular weight excluding hydrogens is 633 g/mol. The zero-order chi connectivity index (χ0) is 36.2. The normalized spacial score (nSPS) is 56.0. The van der Waals surface area contributed by atoms with Crippen molar-refractivity contribution in [3.63, 3.8) is 0 Å². The molecule has 18 unspecified atom stereocenters. The summed E-state index contributed by atoms with van der Waals surface area (Å²) in [5.41, 5.74) is 4.24. The molecule has 7 saturated carbocycles. The Morgan fingerprint density at radius 1 is 0.300 bits per heavy atom. The molecule has 7 aliphatic rings. The average molecular weight is 721 g/mol. The van der Waals surface area contributed by atoms with E-state index in [-0.39, 0.29) is 0 Å². The van der Waals surface area contributed by atoms with Gasteiger partial charge in [-0.1, -0.05) is 140 Å². The van der Waals surface area contributed by atoms with E-state index in [9.17, 15) is 0 Å². The SMILES string of the molecule is CC1CC2C(CCCC2[C@H]2CCCC([C@@H]3CCCC4C3CC(C)C4[Si](C)(C)C3C(C)C(C)C(C)C3C)C2)C1[Si](C)(C)C1C(C)C(C)C(C)C1C. The number of hydrogen-bond acceptors (Lipinski definition) is 0. The first-order valence-corrected chi connectivity index (χ1v) is 29.8. The van der Waals surface area contributed by atoms with E-state index in [2.05, 4.69) is 95.4 Å². The lowest BCUT2D eigenvalue weighted by Gasteiger charge is -2.50. The summed E-state index contributed by atoms with van der Waals surface area (Å²) in [6, 6.07) is 0. The van der Waals surface area contributed by atoms with Crippen LogP contribution in [0, 0.1) is 107 Å². The van der Waals surface area contributed by atoms with Crippen LogP contribution in [0.15, 0.2) is 0 Å². The van der Waals surface area contributed by atoms with E-state index >= 15 is 0 Å². The summed E-state index contributed by atoms with van der Waals surface area (Å²) in [5, 5.41) is 0. The highest BCUT2D eigenvalue weighted by atomic mass is 28.3. The molecule has 0 aliphatic heterocycles. The van der Waals surface area contributed by atoms with Crippen molar-refractivity contribution in [3.05, 3.63) is 0 Å². The highest BCUT2D eigenvalue weighted by molar-refractivity contribution is 6.81. The van der Waals surface area contributed by atoms with Gasteiger partial charge < -0.3 is 0 Å². The molecule has 0 aromatic heterocycles. The average Bonchev–Trinajstić information content (AvgIpc) is 3.73. The van der Waals surface area contributed by atoms with Crippen molar-refractivity contribution in [3.8, 4) is 0 Å². The summed E-state index contributed by atoms with van der Waals surface area (Å²) in [4.78, 5) is 0. The third-order valence-corrected chi connectivity index (χ3v) is 32.4. The Morgan fingerprint density at radius 2 is 0.600 bits per heavy atom. The number of rotatable bonds is 6. The van der Waals surface area contributed by atoms with Crippen LogP contribution in [0.5, 0.6) is 0 Å². The lowest BCUT2D eigenvalue weighted by Crippen LogP contribution is -2.47. The maximum atomic E-state index is 2.91. The standard InChI is InChI=1S/C48H88Si2/c1-27-24-43-39(20-16-22-41(43)45(27)49(11,12)47-33(7)29(3)30(4)34(47)8)37-18-15-19-38(26-37)40-21-17-23-42-44(40)25-28(2)46(42)50(13,14)48-35(9)31(5)32(6)36(48)10/h27-48H,15-26H2,1-14H3/t27?,28?,29?,30?,31?,32?,33?,34?,35?,36?,37-,38?,39?,40-,41?,42?,43?,44?,45?,46?,47?,48?/m0/s1. The van der Waals surface area contributed by atoms with Crippen LogP contribution in [-0.2, 0) is 0 Å². The van der Waals surface area contributed by atoms with Crippen LogP contribution >= 0.6 is 0 Å². The summed E-state index contributed by atoms with van der Waals surface area (Å²) in [7, 11) is -2.81. The molecule has 0 spiro atoms. The quantitative estimate of drug-likeness (QED) is 0.240. The minimum atomic E-state index is -1.40. The van der Waals surface area contributed by atoms with Gasteiger partial charge in [-0.3, -0.25) is 0 Å². The minimum absolute atomic E-state index is 0.917. The Hall–Kier alpha value is 0.434. The summed E-state index contributed by atoms with van der Waals surface area (Å²) in [6.07, 6.45) is 19.1. The van der Waals surface area contributed by atoms with E-state index < -0.39 is 16.1 Å². The molecule has 0 saturated heterocycles. The van der Waals surface area contributed by atoms with Gasteiger partial charge in [-0.05, 0) is 161 Å². The molecule has 7 aliphatic carbocycles. The fourth-order valence-electron chi connectivity index (χ4n) is 19.4. The first kappa shape index (κ1) is 38.7. The van der Waals surface area contributed by atoms with E-state index in [1.807, 2.05) is 0 Å². The molecule has 20 atom stereocenters. The molecule has 0 amide bonds. The van der Waals surface area contributed by atoms with Crippen molar-refractivity contribution in [1.29, 1.82) is 0 Å². The number of fused-ring (bicyclic) bond motifs is 2. The molecule has 0 aromatic rings. The second kappa shape index (κ2) is 14.2. The third-order valence-electron chi connectivity index (χ3n) is 21.4. The first-order chi connectivity index (χ1) is 23.5. The zero-order valence-corrected chi connectivity index (χ0v) is 38.2. The van der Waals surface area contributed by atoms with Crippen LogP contribution in [0.25, 0.3) is 0 Å². The van der Waals surface area contributed by atoms with Gasteiger partial charge in [-0.15, -0.1) is 0 Å². The van der Waals surface area contributed by atoms with Crippen LogP contribution in [0.4, 0.5) is 0 Å². The second-order valence-electron chi connectivity index (χ2n) is 23.6. The molecule has 2 heteroatoms. The number of hydrogen-bond donors (Lipinski definition) is 0. The van der Waals surface area contributed by atoms with E-state index in [0.717, 1.165) is 129 Å². The van der Waals surface area contributed by atoms with Crippen molar-refractivity contribution in [2.75, 3.05) is 0 Å². The molecular formula is C48H88Si2. The fraction of sp³-hybridized carbons (Fsp3) is 1.00. The molecule has 0 N–H and O–H groups in total. The van der Waals surface area contributed by atoms with Gasteiger partial charge in [-0.2, -0.15) is 0 Å². The zero-order valence-electron chi connectivity index (χ0n) is 36.2. The van der Waals surface area contributed by atoms with Gasteiger partial charge in [0.25, 0.3) is 0 Å². The van der Waals surface area contributed by atoms with Gasteiger partial charge in [-0.25, -0.2) is 0 Å². The fourth-order valence-corrected chi connectivity index (χ4v) is 33.1. The Morgan fingerprint density at radius 3 is 0.940 bits per heavy atom. The molecule has 0 heterocycles. The van der Waals surface area contributed by atoms with Gasteiger partial charge in [0.1, 0.15) is 0 Å². The Labute approximate surface area is 316 Å². The highest BCUT2D eigenvalue weighted by Crippen LogP contribution is 2.68. The van der Waals surface area contributed by atoms with Crippen molar-refractivity contribution in [2.45, 2.75) is 195 Å². The van der Waals surface area contributed by atoms with Gasteiger partial charge >= 0.3 is 0 Å². The Bertz CT molecular complexity index is 1060. The van der Waals surface area contributed by atoms with Crippen LogP contribution in [0.3, 0.4) is 0 Å². The highest BCUT2D eigenvalue weighted by Gasteiger charge is 2.61. The monoisotopic (exact) mass is 721 g/mol. The smallest absolute Gasteiger partial charge is 0.0546 e. The van der Waals surface area contributed by atoms with Crippen molar-refractivity contribution < 1.29 is 0 Å². The molecule has 7 rings (SSSR count). The van der Waals surface area contributed by atoms with Crippen LogP contribution < -0.4 is 0 Å². The van der Waals surface area contributed by atoms with Crippen LogP contribution in [0.1, 0.15) is 146 Å². The van der Waals surface area contributed by atoms with Crippen LogP contribution in [0.2, 0.25) is 48.4 Å². The van der Waals surface area contributed by atoms with Gasteiger partial charge in [0, 0.05) is 0 Å². The van der Waals surface area contributed by atoms with E-state index in [1.165, 1.54) is 0 Å². The van der Waals surface area contributed by atoms with Crippen molar-refractivity contribution in [2.24, 2.45) is 107 Å². The predicted octanol–water partition coefficient (Wildman–Crippen LogP) is 15.0. The molecule has 0 bridgehead atoms. The summed E-state index contributed by atoms with van der Waals surface area (Å²) >= 11 is 0. The molecule has 0 nitrogen and oxygen atoms in total. The van der Waals surface area contributed by atoms with Gasteiger partial charge in [0.05, 0.1) is 16.1 Å². The topological polar surface area (TPSA) is 0 Å². The lowest BCUT2D eigenvalue weighted by molar-refractivity contribution is 0.0369. The molecule has 7 fully saturated rings. The van der Waals surface area contributed by atoms with Gasteiger partial charge in [0.2, 0.25) is 0 Å². The molecule has 288 valence electrons. The largest absolute Gasteiger partial charge is 0.0689 e. The maximum Gasteiger partial charge on any atom is 0.0546 e. The predicted molar refractivity (Wildman–Crippen MR) is 225 cm³/mol. The first-order valence-electron chi connectivity index (χ1n) is 23.5. The molecule has 0 radical (unpaired) electrons. The van der Waals surface area contributed by atoms with Crippen LogP contribution in [-0.4, -0.2) is 16.1 Å². The van der Waals surface area contributed by atoms with Gasteiger partial charge in [0.15, 0.2) is 0 Å². The molecule has 0 aromatic carbocycles. The minimum Gasteiger partial charge on any atom is -0.0689 e.